The van der Waals surface area contributed by atoms with E-state index in [1.165, 1.54) is 0 Å². The molecule has 0 nitrogen and oxygen atoms in total. The third-order valence-electron chi connectivity index (χ3n) is 0. The van der Waals surface area contributed by atoms with Gasteiger partial charge < -0.3 is 0 Å². The van der Waals surface area contributed by atoms with Gasteiger partial charge in [-0.1, -0.05) is 0 Å². The zero-order valence-electron chi connectivity index (χ0n) is 2.00. The summed E-state index contributed by atoms with van der Waals surface area (Å²) in [6.07, 6.45) is 0. The topological polar surface area (TPSA) is 0 Å². The Balaban J connectivity index is 0. The minimum atomic E-state index is 0. The average molecular weight is 73.9 g/mol. The quantitative estimate of drug-likeness (QED) is 0.266. The number of hydrogen-bond donors (Lipinski definition) is 0. The van der Waals surface area contributed by atoms with E-state index in [0.29, 0.717) is 0 Å². The van der Waals surface area contributed by atoms with Crippen LogP contribution in [0.3, 0.4) is 0 Å². The van der Waals surface area contributed by atoms with Gasteiger partial charge in [-0.15, -0.1) is 0 Å². The van der Waals surface area contributed by atoms with Crippen LogP contribution in [0, 0.1) is 0 Å². The fourth-order valence-electron chi connectivity index (χ4n) is 0. The molecule has 0 aliphatic heterocycles. The Labute approximate surface area is 71.7 Å². The second-order valence-electron chi connectivity index (χ2n) is 0. The molecule has 0 bridgehead atoms. The van der Waals surface area contributed by atoms with Gasteiger partial charge in [0.15, 0.2) is 34.7 Å². The van der Waals surface area contributed by atoms with Crippen LogP contribution in [0.25, 0.3) is 0 Å². The van der Waals surface area contributed by atoms with Crippen molar-refractivity contribution in [2.24, 2.45) is 0 Å². The first kappa shape index (κ1) is 33.9. The van der Waals surface area contributed by atoms with E-state index in [1.807, 2.05) is 0 Å². The Hall–Kier alpha value is 2.26. The van der Waals surface area contributed by atoms with E-state index in [1.54, 1.807) is 0 Å². The van der Waals surface area contributed by atoms with Gasteiger partial charge in [0.05, 0.1) is 0 Å². The molecule has 0 rings (SSSR count). The molecule has 0 aromatic rings. The first-order chi connectivity index (χ1) is 0. The van der Waals surface area contributed by atoms with Crippen molar-refractivity contribution in [1.29, 1.82) is 0 Å². The molecule has 2 radical (unpaired) electrons. The maximum absolute atomic E-state index is 0. The summed E-state index contributed by atoms with van der Waals surface area (Å²) in [5, 5.41) is 0. The Morgan fingerprint density at radius 3 is 0.500 bits per heavy atom. The molecule has 0 aromatic carbocycles. The SMILES string of the molecule is [AlH3].[AlH3].[Li].[Li]. The largest absolute Gasteiger partial charge is 0.187 e. The molecule has 0 aromatic heterocycles. The van der Waals surface area contributed by atoms with Crippen molar-refractivity contribution in [2.45, 2.75) is 0 Å². The molecule has 0 heterocycles. The molecule has 0 saturated carbocycles. The Morgan fingerprint density at radius 1 is 0.500 bits per heavy atom. The predicted octanol–water partition coefficient (Wildman–Crippen LogP) is -3.13. The molecule has 0 atom stereocenters. The zero-order chi connectivity index (χ0) is 0. The molecule has 14 valence electrons. The molecule has 0 spiro atoms. The van der Waals surface area contributed by atoms with Crippen LogP contribution in [0.4, 0.5) is 0 Å². The van der Waals surface area contributed by atoms with Crippen LogP contribution < -0.4 is 0 Å². The van der Waals surface area contributed by atoms with Crippen LogP contribution in [-0.2, 0) is 0 Å². The average Bonchev–Trinajstić information content (AvgIpc) is 0. The number of rotatable bonds is 0. The molecule has 0 saturated heterocycles. The first-order valence-corrected chi connectivity index (χ1v) is 0. The van der Waals surface area contributed by atoms with Gasteiger partial charge in [0, 0.05) is 37.7 Å². The normalized spacial score (nSPS) is 0. The second kappa shape index (κ2) is 18.7. The summed E-state index contributed by atoms with van der Waals surface area (Å²) in [4.78, 5) is 0. The smallest absolute Gasteiger partial charge is 0 e. The molecular weight excluding hydrogens is 67.8 g/mol. The summed E-state index contributed by atoms with van der Waals surface area (Å²) in [6, 6.07) is 0. The summed E-state index contributed by atoms with van der Waals surface area (Å²) in [5.41, 5.74) is 0. The van der Waals surface area contributed by atoms with Crippen molar-refractivity contribution in [3.63, 3.8) is 0 Å². The van der Waals surface area contributed by atoms with Crippen molar-refractivity contribution in [3.8, 4) is 0 Å². The van der Waals surface area contributed by atoms with E-state index in [2.05, 4.69) is 0 Å². The molecule has 0 aliphatic carbocycles. The molecule has 0 aliphatic rings. The summed E-state index contributed by atoms with van der Waals surface area (Å²) in [7, 11) is 0. The summed E-state index contributed by atoms with van der Waals surface area (Å²) >= 11 is 0. The molecule has 0 unspecified atom stereocenters. The van der Waals surface area contributed by atoms with Crippen molar-refractivity contribution < 1.29 is 0 Å². The predicted molar refractivity (Wildman–Crippen MR) is 31.4 cm³/mol. The minimum Gasteiger partial charge on any atom is 0 e. The Morgan fingerprint density at radius 2 is 0.500 bits per heavy atom. The van der Waals surface area contributed by atoms with Gasteiger partial charge in [-0.25, -0.2) is 0 Å². The van der Waals surface area contributed by atoms with Gasteiger partial charge in [0.25, 0.3) is 0 Å². The van der Waals surface area contributed by atoms with Crippen LogP contribution in [0.2, 0.25) is 0 Å². The standard InChI is InChI=1S/2Al.2Li.6H. The van der Waals surface area contributed by atoms with Gasteiger partial charge in [0.2, 0.25) is 0 Å². The van der Waals surface area contributed by atoms with Crippen LogP contribution in [-0.4, -0.2) is 72.4 Å². The van der Waals surface area contributed by atoms with Crippen molar-refractivity contribution in [2.75, 3.05) is 0 Å². The molecule has 0 amide bonds. The molecule has 4 heteroatoms. The van der Waals surface area contributed by atoms with Crippen LogP contribution >= 0.6 is 0 Å². The summed E-state index contributed by atoms with van der Waals surface area (Å²) in [6.45, 7) is 0. The summed E-state index contributed by atoms with van der Waals surface area (Å²) in [5.74, 6) is 0. The zero-order valence-corrected chi connectivity index (χ0v) is 2.00. The van der Waals surface area contributed by atoms with Crippen molar-refractivity contribution in [1.82, 2.24) is 0 Å². The third-order valence-corrected chi connectivity index (χ3v) is 0. The van der Waals surface area contributed by atoms with E-state index in [9.17, 15) is 0 Å². The van der Waals surface area contributed by atoms with E-state index in [0.717, 1.165) is 0 Å². The Kier molecular flexibility index (Phi) is 158. The van der Waals surface area contributed by atoms with E-state index < -0.39 is 0 Å². The third kappa shape index (κ3) is 8.86. The van der Waals surface area contributed by atoms with Gasteiger partial charge in [0.1, 0.15) is 0 Å². The maximum atomic E-state index is 0. The van der Waals surface area contributed by atoms with E-state index in [-0.39, 0.29) is 72.4 Å². The van der Waals surface area contributed by atoms with Gasteiger partial charge >= 0.3 is 0 Å². The molecular formula is H6Al2Li2. The van der Waals surface area contributed by atoms with Gasteiger partial charge in [-0.05, 0) is 0 Å². The maximum Gasteiger partial charge on any atom is 0.187 e. The molecule has 0 fully saturated rings. The van der Waals surface area contributed by atoms with Crippen molar-refractivity contribution >= 4 is 72.4 Å². The summed E-state index contributed by atoms with van der Waals surface area (Å²) < 4.78 is 0. The van der Waals surface area contributed by atoms with Crippen molar-refractivity contribution in [3.05, 3.63) is 0 Å². The fraction of sp³-hybridized carbons (Fsp3) is 0. The van der Waals surface area contributed by atoms with E-state index >= 15 is 0 Å². The van der Waals surface area contributed by atoms with Crippen LogP contribution in [0.5, 0.6) is 0 Å². The second-order valence-corrected chi connectivity index (χ2v) is 0. The van der Waals surface area contributed by atoms with E-state index in [4.69, 9.17) is 0 Å². The van der Waals surface area contributed by atoms with Gasteiger partial charge in [-0.2, -0.15) is 0 Å². The molecule has 0 N–H and O–H groups in total. The monoisotopic (exact) mass is 74.0 g/mol. The molecule has 4 heavy (non-hydrogen) atoms. The van der Waals surface area contributed by atoms with Gasteiger partial charge in [-0.3, -0.25) is 0 Å². The first-order valence-electron chi connectivity index (χ1n) is 0. The minimum absolute atomic E-state index is 0. The fourth-order valence-corrected chi connectivity index (χ4v) is 0. The van der Waals surface area contributed by atoms with Crippen LogP contribution in [0.15, 0.2) is 0 Å². The van der Waals surface area contributed by atoms with Crippen LogP contribution in [0.1, 0.15) is 0 Å². The number of hydrogen-bond acceptors (Lipinski definition) is 0. The Bertz CT molecular complexity index is 4.00.